The third-order valence-corrected chi connectivity index (χ3v) is 7.61. The van der Waals surface area contributed by atoms with Gasteiger partial charge in [0.25, 0.3) is 5.56 Å². The summed E-state index contributed by atoms with van der Waals surface area (Å²) in [5.74, 6) is 0.683. The molecule has 2 aliphatic heterocycles. The van der Waals surface area contributed by atoms with E-state index in [0.717, 1.165) is 52.9 Å². The van der Waals surface area contributed by atoms with Crippen molar-refractivity contribution in [1.29, 1.82) is 0 Å². The van der Waals surface area contributed by atoms with Gasteiger partial charge in [-0.3, -0.25) is 9.59 Å². The number of benzene rings is 1. The summed E-state index contributed by atoms with van der Waals surface area (Å²) in [6.07, 6.45) is 1.09. The van der Waals surface area contributed by atoms with Crippen LogP contribution in [0.1, 0.15) is 36.1 Å². The number of aromatic nitrogens is 1. The summed E-state index contributed by atoms with van der Waals surface area (Å²) in [5.41, 5.74) is 4.21. The molecule has 2 bridgehead atoms. The van der Waals surface area contributed by atoms with E-state index in [1.54, 1.807) is 6.07 Å². The number of thioether (sulfide) groups is 1. The van der Waals surface area contributed by atoms with E-state index in [0.29, 0.717) is 11.8 Å². The Bertz CT molecular complexity index is 1050. The molecule has 0 spiro atoms. The lowest BCUT2D eigenvalue weighted by Gasteiger charge is -2.43. The van der Waals surface area contributed by atoms with E-state index in [-0.39, 0.29) is 16.7 Å². The first-order valence-corrected chi connectivity index (χ1v) is 11.6. The fourth-order valence-electron chi connectivity index (χ4n) is 4.43. The molecule has 30 heavy (non-hydrogen) atoms. The lowest BCUT2D eigenvalue weighted by Crippen LogP contribution is -2.48. The Morgan fingerprint density at radius 3 is 2.80 bits per heavy atom. The summed E-state index contributed by atoms with van der Waals surface area (Å²) < 4.78 is 2.69. The van der Waals surface area contributed by atoms with Crippen LogP contribution in [0.4, 0.5) is 5.69 Å². The highest BCUT2D eigenvalue weighted by atomic mass is 32.2. The molecule has 1 aromatic carbocycles. The fourth-order valence-corrected chi connectivity index (χ4v) is 5.78. The average molecular weight is 442 g/mol. The Balaban J connectivity index is 1.40. The lowest BCUT2D eigenvalue weighted by atomic mass is 9.83. The average Bonchev–Trinajstić information content (AvgIpc) is 2.71. The quantitative estimate of drug-likeness (QED) is 0.732. The Morgan fingerprint density at radius 2 is 2.00 bits per heavy atom. The van der Waals surface area contributed by atoms with Crippen LogP contribution < -0.4 is 10.9 Å². The zero-order chi connectivity index (χ0) is 21.4. The van der Waals surface area contributed by atoms with Crippen molar-refractivity contribution in [3.8, 4) is 0 Å². The van der Waals surface area contributed by atoms with E-state index in [9.17, 15) is 9.59 Å². The Labute approximate surface area is 186 Å². The molecule has 1 saturated heterocycles. The van der Waals surface area contributed by atoms with Crippen LogP contribution in [-0.2, 0) is 11.3 Å². The van der Waals surface area contributed by atoms with Gasteiger partial charge in [0.05, 0.1) is 5.25 Å². The standard InChI is InChI=1S/C23H27N3O2S2/c1-14-7-8-15(2)19(9-14)24-22(28)16(3)30-23(29)25-11-17-10-18(13-25)20-5-4-6-21(27)26(20)12-17/h4-9,16-18H,10-13H2,1-3H3,(H,24,28)/t16-,17+,18+/m1/s1. The summed E-state index contributed by atoms with van der Waals surface area (Å²) in [6.45, 7) is 8.30. The molecular weight excluding hydrogens is 414 g/mol. The fraction of sp³-hybridized carbons (Fsp3) is 0.435. The normalized spacial score (nSPS) is 21.0. The summed E-state index contributed by atoms with van der Waals surface area (Å²) in [7, 11) is 0. The van der Waals surface area contributed by atoms with Gasteiger partial charge in [0.2, 0.25) is 5.91 Å². The van der Waals surface area contributed by atoms with Gasteiger partial charge in [0.15, 0.2) is 0 Å². The van der Waals surface area contributed by atoms with Gasteiger partial charge in [-0.05, 0) is 56.4 Å². The highest BCUT2D eigenvalue weighted by molar-refractivity contribution is 8.23. The number of thiocarbonyl (C=S) groups is 1. The van der Waals surface area contributed by atoms with Gasteiger partial charge >= 0.3 is 0 Å². The monoisotopic (exact) mass is 441 g/mol. The highest BCUT2D eigenvalue weighted by Gasteiger charge is 2.35. The number of aryl methyl sites for hydroxylation is 2. The van der Waals surface area contributed by atoms with E-state index < -0.39 is 0 Å². The number of piperidine rings is 1. The number of pyridine rings is 1. The molecule has 4 rings (SSSR count). The number of carbonyl (C=O) groups excluding carboxylic acids is 1. The summed E-state index contributed by atoms with van der Waals surface area (Å²) in [4.78, 5) is 27.2. The molecule has 7 heteroatoms. The van der Waals surface area contributed by atoms with Gasteiger partial charge in [-0.15, -0.1) is 0 Å². The first-order chi connectivity index (χ1) is 14.3. The van der Waals surface area contributed by atoms with Crippen LogP contribution in [0.25, 0.3) is 0 Å². The first kappa shape index (κ1) is 21.1. The maximum atomic E-state index is 12.7. The van der Waals surface area contributed by atoms with Crippen molar-refractivity contribution in [1.82, 2.24) is 9.47 Å². The molecule has 158 valence electrons. The Kier molecular flexibility index (Phi) is 6.02. The summed E-state index contributed by atoms with van der Waals surface area (Å²) in [5, 5.41) is 2.76. The Morgan fingerprint density at radius 1 is 1.20 bits per heavy atom. The smallest absolute Gasteiger partial charge is 0.250 e. The molecule has 2 aliphatic rings. The first-order valence-electron chi connectivity index (χ1n) is 10.3. The molecule has 0 saturated carbocycles. The van der Waals surface area contributed by atoms with E-state index in [1.807, 2.05) is 49.6 Å². The molecule has 1 aromatic heterocycles. The van der Waals surface area contributed by atoms with Crippen LogP contribution in [0.5, 0.6) is 0 Å². The molecule has 5 nitrogen and oxygen atoms in total. The van der Waals surface area contributed by atoms with Gasteiger partial charge in [0, 0.05) is 43.0 Å². The molecule has 0 aliphatic carbocycles. The number of rotatable bonds is 3. The minimum Gasteiger partial charge on any atom is -0.356 e. The molecular formula is C23H27N3O2S2. The molecule has 3 atom stereocenters. The molecule has 3 heterocycles. The van der Waals surface area contributed by atoms with Crippen molar-refractivity contribution in [3.05, 3.63) is 63.6 Å². The zero-order valence-electron chi connectivity index (χ0n) is 17.6. The van der Waals surface area contributed by atoms with Crippen LogP contribution in [0.3, 0.4) is 0 Å². The molecule has 1 N–H and O–H groups in total. The molecule has 1 amide bonds. The van der Waals surface area contributed by atoms with Crippen molar-refractivity contribution >= 4 is 39.9 Å². The van der Waals surface area contributed by atoms with E-state index in [1.165, 1.54) is 11.8 Å². The van der Waals surface area contributed by atoms with E-state index in [4.69, 9.17) is 12.2 Å². The maximum Gasteiger partial charge on any atom is 0.250 e. The number of carbonyl (C=O) groups is 1. The lowest BCUT2D eigenvalue weighted by molar-refractivity contribution is -0.115. The van der Waals surface area contributed by atoms with Gasteiger partial charge in [0.1, 0.15) is 4.32 Å². The van der Waals surface area contributed by atoms with Crippen molar-refractivity contribution < 1.29 is 4.79 Å². The second kappa shape index (κ2) is 8.55. The van der Waals surface area contributed by atoms with Gasteiger partial charge < -0.3 is 14.8 Å². The van der Waals surface area contributed by atoms with E-state index >= 15 is 0 Å². The molecule has 0 unspecified atom stereocenters. The number of nitrogens with zero attached hydrogens (tertiary/aromatic N) is 2. The SMILES string of the molecule is Cc1ccc(C)c(NC(=O)[C@@H](C)SC(=S)N2C[C@@H]3C[C@@H](C2)c2cccc(=O)n2C3)c1. The number of likely N-dealkylation sites (tertiary alicyclic amines) is 1. The third kappa shape index (κ3) is 4.32. The van der Waals surface area contributed by atoms with Crippen molar-refractivity contribution in [3.63, 3.8) is 0 Å². The number of amides is 1. The van der Waals surface area contributed by atoms with Crippen molar-refractivity contribution in [2.45, 2.75) is 44.9 Å². The Hall–Kier alpha value is -2.12. The number of hydrogen-bond donors (Lipinski definition) is 1. The van der Waals surface area contributed by atoms with Crippen LogP contribution in [-0.4, -0.2) is 38.0 Å². The van der Waals surface area contributed by atoms with Crippen LogP contribution in [0.2, 0.25) is 0 Å². The summed E-state index contributed by atoms with van der Waals surface area (Å²) in [6, 6.07) is 11.6. The zero-order valence-corrected chi connectivity index (χ0v) is 19.2. The summed E-state index contributed by atoms with van der Waals surface area (Å²) >= 11 is 7.17. The number of hydrogen-bond acceptors (Lipinski definition) is 4. The van der Waals surface area contributed by atoms with Crippen LogP contribution >= 0.6 is 24.0 Å². The van der Waals surface area contributed by atoms with Gasteiger partial charge in [-0.25, -0.2) is 0 Å². The van der Waals surface area contributed by atoms with Crippen LogP contribution in [0, 0.1) is 19.8 Å². The van der Waals surface area contributed by atoms with Crippen LogP contribution in [0.15, 0.2) is 41.2 Å². The number of fused-ring (bicyclic) bond motifs is 4. The molecule has 1 fully saturated rings. The topological polar surface area (TPSA) is 54.3 Å². The number of anilines is 1. The largest absolute Gasteiger partial charge is 0.356 e. The minimum absolute atomic E-state index is 0.0369. The van der Waals surface area contributed by atoms with Crippen molar-refractivity contribution in [2.75, 3.05) is 18.4 Å². The minimum atomic E-state index is -0.283. The predicted octanol–water partition coefficient (Wildman–Crippen LogP) is 3.93. The maximum absolute atomic E-state index is 12.7. The van der Waals surface area contributed by atoms with Gasteiger partial charge in [-0.1, -0.05) is 42.2 Å². The predicted molar refractivity (Wildman–Crippen MR) is 127 cm³/mol. The second-order valence-corrected chi connectivity index (χ2v) is 10.4. The molecule has 2 aromatic rings. The van der Waals surface area contributed by atoms with Gasteiger partial charge in [-0.2, -0.15) is 0 Å². The highest BCUT2D eigenvalue weighted by Crippen LogP contribution is 2.36. The molecule has 0 radical (unpaired) electrons. The number of nitrogens with one attached hydrogen (secondary N) is 1. The van der Waals surface area contributed by atoms with E-state index in [2.05, 4.69) is 16.3 Å². The third-order valence-electron chi connectivity index (χ3n) is 6.04. The second-order valence-electron chi connectivity index (χ2n) is 8.44. The van der Waals surface area contributed by atoms with Crippen molar-refractivity contribution in [2.24, 2.45) is 5.92 Å².